The van der Waals surface area contributed by atoms with Gasteiger partial charge in [0, 0.05) is 5.39 Å². The quantitative estimate of drug-likeness (QED) is 0.467. The van der Waals surface area contributed by atoms with E-state index < -0.39 is 0 Å². The van der Waals surface area contributed by atoms with Crippen LogP contribution in [0.1, 0.15) is 5.69 Å². The van der Waals surface area contributed by atoms with Crippen LogP contribution in [0.3, 0.4) is 0 Å². The van der Waals surface area contributed by atoms with E-state index in [0.29, 0.717) is 11.0 Å². The number of benzene rings is 1. The van der Waals surface area contributed by atoms with E-state index >= 15 is 0 Å². The fraction of sp³-hybridized carbons (Fsp3) is 0.0714. The summed E-state index contributed by atoms with van der Waals surface area (Å²) in [4.78, 5) is 13.3. The molecule has 0 atom stereocenters. The summed E-state index contributed by atoms with van der Waals surface area (Å²) >= 11 is 8.24. The highest BCUT2D eigenvalue weighted by Crippen LogP contribution is 2.23. The molecule has 0 saturated heterocycles. The Morgan fingerprint density at radius 2 is 1.79 bits per heavy atom. The molecule has 94 valence electrons. The molecule has 0 aliphatic carbocycles. The second-order valence-electron chi connectivity index (χ2n) is 4.13. The van der Waals surface area contributed by atoms with Crippen molar-refractivity contribution in [1.29, 1.82) is 0 Å². The van der Waals surface area contributed by atoms with Crippen molar-refractivity contribution in [2.24, 2.45) is 0 Å². The van der Waals surface area contributed by atoms with Gasteiger partial charge in [0.25, 0.3) is 0 Å². The molecule has 0 aliphatic heterocycles. The van der Waals surface area contributed by atoms with E-state index in [0.717, 1.165) is 25.9 Å². The maximum atomic E-state index is 6.10. The summed E-state index contributed by atoms with van der Waals surface area (Å²) in [5, 5.41) is 1.57. The summed E-state index contributed by atoms with van der Waals surface area (Å²) in [6.07, 6.45) is 0. The Morgan fingerprint density at radius 1 is 1.00 bits per heavy atom. The van der Waals surface area contributed by atoms with Crippen LogP contribution in [0.4, 0.5) is 0 Å². The molecule has 3 nitrogen and oxygen atoms in total. The minimum absolute atomic E-state index is 0.470. The number of fused-ring (bicyclic) bond motifs is 1. The first-order valence-electron chi connectivity index (χ1n) is 5.71. The first-order valence-corrected chi connectivity index (χ1v) is 7.16. The van der Waals surface area contributed by atoms with Crippen molar-refractivity contribution in [3.05, 3.63) is 50.8 Å². The Hall–Kier alpha value is -1.27. The Bertz CT molecular complexity index is 750. The maximum absolute atomic E-state index is 6.10. The molecule has 0 unspecified atom stereocenters. The Balaban J connectivity index is 2.19. The molecule has 0 amide bonds. The van der Waals surface area contributed by atoms with Crippen LogP contribution >= 0.6 is 34.2 Å². The molecule has 0 spiro atoms. The fourth-order valence-corrected chi connectivity index (χ4v) is 2.29. The van der Waals surface area contributed by atoms with Gasteiger partial charge in [0.2, 0.25) is 0 Å². The zero-order chi connectivity index (χ0) is 13.4. The van der Waals surface area contributed by atoms with Crippen molar-refractivity contribution in [3.8, 4) is 11.5 Å². The van der Waals surface area contributed by atoms with Gasteiger partial charge >= 0.3 is 0 Å². The van der Waals surface area contributed by atoms with Crippen LogP contribution in [-0.4, -0.2) is 15.0 Å². The summed E-state index contributed by atoms with van der Waals surface area (Å²) in [5.74, 6) is 0.564. The van der Waals surface area contributed by atoms with Crippen LogP contribution in [0.25, 0.3) is 22.4 Å². The number of para-hydroxylation sites is 1. The molecule has 19 heavy (non-hydrogen) atoms. The molecule has 3 rings (SSSR count). The first-order chi connectivity index (χ1) is 9.15. The van der Waals surface area contributed by atoms with Crippen molar-refractivity contribution in [1.82, 2.24) is 15.0 Å². The summed E-state index contributed by atoms with van der Waals surface area (Å²) in [7, 11) is 0. The summed E-state index contributed by atoms with van der Waals surface area (Å²) in [5.41, 5.74) is 2.53. The lowest BCUT2D eigenvalue weighted by atomic mass is 10.2. The Kier molecular flexibility index (Phi) is 3.36. The van der Waals surface area contributed by atoms with Crippen LogP contribution in [0.5, 0.6) is 0 Å². The van der Waals surface area contributed by atoms with Gasteiger partial charge in [0.1, 0.15) is 10.8 Å². The molecule has 5 heteroatoms. The van der Waals surface area contributed by atoms with Gasteiger partial charge in [-0.15, -0.1) is 0 Å². The van der Waals surface area contributed by atoms with E-state index in [9.17, 15) is 0 Å². The van der Waals surface area contributed by atoms with Gasteiger partial charge in [-0.1, -0.05) is 35.9 Å². The zero-order valence-corrected chi connectivity index (χ0v) is 13.0. The molecule has 3 aromatic rings. The lowest BCUT2D eigenvalue weighted by Crippen LogP contribution is -1.98. The second-order valence-corrected chi connectivity index (χ2v) is 5.56. The predicted octanol–water partition coefficient (Wildman–Crippen LogP) is 4.26. The molecule has 0 radical (unpaired) electrons. The maximum Gasteiger partial charge on any atom is 0.179 e. The highest BCUT2D eigenvalue weighted by molar-refractivity contribution is 14.1. The van der Waals surface area contributed by atoms with Crippen LogP contribution < -0.4 is 0 Å². The third-order valence-corrected chi connectivity index (χ3v) is 4.69. The molecule has 0 fully saturated rings. The van der Waals surface area contributed by atoms with Gasteiger partial charge in [0.05, 0.1) is 14.8 Å². The van der Waals surface area contributed by atoms with E-state index in [1.165, 1.54) is 0 Å². The topological polar surface area (TPSA) is 38.7 Å². The summed E-state index contributed by atoms with van der Waals surface area (Å²) in [6, 6.07) is 11.9. The van der Waals surface area contributed by atoms with E-state index in [1.54, 1.807) is 0 Å². The molecular formula is C14H9ClIN3. The van der Waals surface area contributed by atoms with E-state index in [4.69, 9.17) is 11.6 Å². The van der Waals surface area contributed by atoms with Crippen LogP contribution in [0.2, 0.25) is 5.15 Å². The van der Waals surface area contributed by atoms with Crippen LogP contribution in [0.15, 0.2) is 36.4 Å². The van der Waals surface area contributed by atoms with E-state index in [1.807, 2.05) is 43.3 Å². The summed E-state index contributed by atoms with van der Waals surface area (Å²) < 4.78 is 0.879. The zero-order valence-electron chi connectivity index (χ0n) is 10.1. The Labute approximate surface area is 129 Å². The first kappa shape index (κ1) is 12.7. The van der Waals surface area contributed by atoms with Crippen molar-refractivity contribution >= 4 is 45.1 Å². The largest absolute Gasteiger partial charge is 0.244 e. The van der Waals surface area contributed by atoms with Crippen LogP contribution in [0, 0.1) is 10.5 Å². The van der Waals surface area contributed by atoms with Gasteiger partial charge in [-0.25, -0.2) is 15.0 Å². The SMILES string of the molecule is Cc1nc(-c2ccc3ccccc3n2)nc(Cl)c1I. The summed E-state index contributed by atoms with van der Waals surface area (Å²) in [6.45, 7) is 1.92. The minimum Gasteiger partial charge on any atom is -0.244 e. The number of nitrogens with zero attached hydrogens (tertiary/aromatic N) is 3. The van der Waals surface area contributed by atoms with E-state index in [2.05, 4.69) is 37.5 Å². The van der Waals surface area contributed by atoms with Crippen molar-refractivity contribution in [3.63, 3.8) is 0 Å². The highest BCUT2D eigenvalue weighted by atomic mass is 127. The third-order valence-electron chi connectivity index (χ3n) is 2.80. The number of pyridine rings is 1. The number of hydrogen-bond donors (Lipinski definition) is 0. The molecule has 1 aromatic carbocycles. The van der Waals surface area contributed by atoms with Gasteiger partial charge in [-0.3, -0.25) is 0 Å². The fourth-order valence-electron chi connectivity index (χ4n) is 1.83. The van der Waals surface area contributed by atoms with E-state index in [-0.39, 0.29) is 0 Å². The van der Waals surface area contributed by atoms with Gasteiger partial charge < -0.3 is 0 Å². The Morgan fingerprint density at radius 3 is 2.58 bits per heavy atom. The smallest absolute Gasteiger partial charge is 0.179 e. The number of aromatic nitrogens is 3. The number of aryl methyl sites for hydroxylation is 1. The molecule has 0 aliphatic rings. The van der Waals surface area contributed by atoms with Gasteiger partial charge in [-0.2, -0.15) is 0 Å². The monoisotopic (exact) mass is 381 g/mol. The standard InChI is InChI=1S/C14H9ClIN3/c1-8-12(16)13(15)19-14(17-8)11-7-6-9-4-2-3-5-10(9)18-11/h2-7H,1H3. The normalized spacial score (nSPS) is 10.9. The molecule has 0 bridgehead atoms. The number of halogens is 2. The number of hydrogen-bond acceptors (Lipinski definition) is 3. The van der Waals surface area contributed by atoms with Gasteiger partial charge in [-0.05, 0) is 41.6 Å². The molecular weight excluding hydrogens is 373 g/mol. The van der Waals surface area contributed by atoms with Crippen LogP contribution in [-0.2, 0) is 0 Å². The third kappa shape index (κ3) is 2.42. The minimum atomic E-state index is 0.470. The van der Waals surface area contributed by atoms with Gasteiger partial charge in [0.15, 0.2) is 5.82 Å². The molecule has 0 saturated carbocycles. The van der Waals surface area contributed by atoms with Crippen molar-refractivity contribution in [2.45, 2.75) is 6.92 Å². The average molecular weight is 382 g/mol. The molecule has 2 aromatic heterocycles. The van der Waals surface area contributed by atoms with Crippen molar-refractivity contribution < 1.29 is 0 Å². The predicted molar refractivity (Wildman–Crippen MR) is 85.2 cm³/mol. The lowest BCUT2D eigenvalue weighted by Gasteiger charge is -2.05. The molecule has 2 heterocycles. The second kappa shape index (κ2) is 5.02. The molecule has 0 N–H and O–H groups in total. The lowest BCUT2D eigenvalue weighted by molar-refractivity contribution is 1.08. The highest BCUT2D eigenvalue weighted by Gasteiger charge is 2.10. The number of rotatable bonds is 1. The average Bonchev–Trinajstić information content (AvgIpc) is 2.43. The van der Waals surface area contributed by atoms with Crippen molar-refractivity contribution in [2.75, 3.05) is 0 Å².